The van der Waals surface area contributed by atoms with Crippen molar-refractivity contribution in [1.82, 2.24) is 5.32 Å². The van der Waals surface area contributed by atoms with E-state index in [9.17, 15) is 19.4 Å². The highest BCUT2D eigenvalue weighted by molar-refractivity contribution is 7.45. The monoisotopic (exact) mass is 691 g/mol. The summed E-state index contributed by atoms with van der Waals surface area (Å²) in [5.41, 5.74) is 0. The molecule has 0 aliphatic carbocycles. The number of phosphoric acid groups is 1. The summed E-state index contributed by atoms with van der Waals surface area (Å²) in [6.07, 6.45) is 32.3. The molecule has 8 nitrogen and oxygen atoms in total. The molecule has 0 saturated carbocycles. The summed E-state index contributed by atoms with van der Waals surface area (Å²) in [5.74, 6) is -0.199. The van der Waals surface area contributed by atoms with Gasteiger partial charge in [0, 0.05) is 6.42 Å². The molecule has 0 aromatic rings. The standard InChI is InChI=1S/C38H79N2O6P/c1-6-8-10-11-12-13-14-15-16-17-18-19-20-21-22-23-24-25-26-27-28-29-30-31-37(41)36(39-38(42)32-9-7-2)35-46-47(43,44)45-34-33-40(3,4)5/h36-37,41H,6-35H2,1-5H3,(H-,39,42,43,44). The van der Waals surface area contributed by atoms with Gasteiger partial charge in [-0.25, -0.2) is 0 Å². The molecular weight excluding hydrogens is 611 g/mol. The summed E-state index contributed by atoms with van der Waals surface area (Å²) in [7, 11) is 1.31. The maximum absolute atomic E-state index is 12.3. The Hall–Kier alpha value is -0.500. The van der Waals surface area contributed by atoms with E-state index >= 15 is 0 Å². The fourth-order valence-electron chi connectivity index (χ4n) is 5.84. The van der Waals surface area contributed by atoms with Gasteiger partial charge in [-0.15, -0.1) is 0 Å². The number of nitrogens with one attached hydrogen (secondary N) is 1. The smallest absolute Gasteiger partial charge is 0.268 e. The Kier molecular flexibility index (Phi) is 31.1. The van der Waals surface area contributed by atoms with Crippen LogP contribution >= 0.6 is 7.82 Å². The van der Waals surface area contributed by atoms with Gasteiger partial charge >= 0.3 is 0 Å². The zero-order valence-corrected chi connectivity index (χ0v) is 32.6. The molecule has 3 atom stereocenters. The Morgan fingerprint density at radius 2 is 1.04 bits per heavy atom. The predicted octanol–water partition coefficient (Wildman–Crippen LogP) is 9.61. The number of quaternary nitrogens is 1. The van der Waals surface area contributed by atoms with Crippen LogP contribution in [0.3, 0.4) is 0 Å². The zero-order chi connectivity index (χ0) is 35.1. The van der Waals surface area contributed by atoms with Gasteiger partial charge in [0.1, 0.15) is 13.2 Å². The largest absolute Gasteiger partial charge is 0.756 e. The lowest BCUT2D eigenvalue weighted by Gasteiger charge is -2.30. The lowest BCUT2D eigenvalue weighted by molar-refractivity contribution is -0.870. The number of unbranched alkanes of at least 4 members (excludes halogenated alkanes) is 23. The minimum Gasteiger partial charge on any atom is -0.756 e. The number of rotatable bonds is 36. The summed E-state index contributed by atoms with van der Waals surface area (Å²) in [4.78, 5) is 24.6. The Balaban J connectivity index is 3.89. The summed E-state index contributed by atoms with van der Waals surface area (Å²) >= 11 is 0. The number of hydrogen-bond acceptors (Lipinski definition) is 6. The molecule has 0 fully saturated rings. The van der Waals surface area contributed by atoms with Gasteiger partial charge < -0.3 is 28.8 Å². The topological polar surface area (TPSA) is 108 Å². The van der Waals surface area contributed by atoms with Crippen molar-refractivity contribution in [3.05, 3.63) is 0 Å². The second-order valence-electron chi connectivity index (χ2n) is 15.0. The molecule has 2 N–H and O–H groups in total. The molecule has 282 valence electrons. The highest BCUT2D eigenvalue weighted by Crippen LogP contribution is 2.38. The number of aliphatic hydroxyl groups is 1. The maximum Gasteiger partial charge on any atom is 0.268 e. The lowest BCUT2D eigenvalue weighted by atomic mass is 10.0. The number of nitrogens with zero attached hydrogens (tertiary/aromatic N) is 1. The highest BCUT2D eigenvalue weighted by Gasteiger charge is 2.24. The Bertz CT molecular complexity index is 748. The zero-order valence-electron chi connectivity index (χ0n) is 31.8. The molecule has 0 radical (unpaired) electrons. The second kappa shape index (κ2) is 31.5. The molecule has 9 heteroatoms. The average Bonchev–Trinajstić information content (AvgIpc) is 3.01. The van der Waals surface area contributed by atoms with Crippen molar-refractivity contribution in [2.24, 2.45) is 0 Å². The van der Waals surface area contributed by atoms with Crippen molar-refractivity contribution in [2.45, 2.75) is 199 Å². The highest BCUT2D eigenvalue weighted by atomic mass is 31.2. The quantitative estimate of drug-likeness (QED) is 0.0385. The minimum atomic E-state index is -4.53. The average molecular weight is 691 g/mol. The third kappa shape index (κ3) is 33.8. The normalized spacial score (nSPS) is 14.6. The predicted molar refractivity (Wildman–Crippen MR) is 196 cm³/mol. The van der Waals surface area contributed by atoms with Crippen LogP contribution in [0, 0.1) is 0 Å². The molecule has 0 spiro atoms. The van der Waals surface area contributed by atoms with Gasteiger partial charge in [0.15, 0.2) is 0 Å². The molecule has 0 heterocycles. The van der Waals surface area contributed by atoms with Crippen molar-refractivity contribution in [3.63, 3.8) is 0 Å². The van der Waals surface area contributed by atoms with Gasteiger partial charge in [-0.05, 0) is 12.8 Å². The number of phosphoric ester groups is 1. The number of carbonyl (C=O) groups excluding carboxylic acids is 1. The number of likely N-dealkylation sites (N-methyl/N-ethyl adjacent to an activating group) is 1. The molecular formula is C38H79N2O6P. The van der Waals surface area contributed by atoms with E-state index in [2.05, 4.69) is 12.2 Å². The van der Waals surface area contributed by atoms with Crippen LogP contribution in [0.1, 0.15) is 187 Å². The SMILES string of the molecule is CCCCCCCCCCCCCCCCCCCCCCCCCC(O)C(COP(=O)([O-])OCC[N+](C)(C)C)NC(=O)CCCC. The van der Waals surface area contributed by atoms with Crippen LogP contribution in [-0.2, 0) is 18.4 Å². The first kappa shape index (κ1) is 46.5. The fourth-order valence-corrected chi connectivity index (χ4v) is 6.56. The first-order valence-corrected chi connectivity index (χ1v) is 21.3. The molecule has 3 unspecified atom stereocenters. The fraction of sp³-hybridized carbons (Fsp3) is 0.974. The van der Waals surface area contributed by atoms with E-state index < -0.39 is 20.0 Å². The number of amides is 1. The van der Waals surface area contributed by atoms with E-state index in [-0.39, 0.29) is 19.1 Å². The van der Waals surface area contributed by atoms with Crippen LogP contribution < -0.4 is 10.2 Å². The van der Waals surface area contributed by atoms with Crippen LogP contribution in [0.4, 0.5) is 0 Å². The van der Waals surface area contributed by atoms with Crippen molar-refractivity contribution >= 4 is 13.7 Å². The Morgan fingerprint density at radius 3 is 1.43 bits per heavy atom. The van der Waals surface area contributed by atoms with Crippen molar-refractivity contribution in [3.8, 4) is 0 Å². The Morgan fingerprint density at radius 1 is 0.660 bits per heavy atom. The van der Waals surface area contributed by atoms with E-state index in [4.69, 9.17) is 9.05 Å². The number of aliphatic hydroxyl groups excluding tert-OH is 1. The van der Waals surface area contributed by atoms with E-state index in [1.165, 1.54) is 128 Å². The molecule has 0 bridgehead atoms. The molecule has 0 aromatic heterocycles. The van der Waals surface area contributed by atoms with Gasteiger partial charge in [0.2, 0.25) is 5.91 Å². The summed E-state index contributed by atoms with van der Waals surface area (Å²) < 4.78 is 22.9. The van der Waals surface area contributed by atoms with Crippen LogP contribution in [0.25, 0.3) is 0 Å². The van der Waals surface area contributed by atoms with Crippen LogP contribution in [0.5, 0.6) is 0 Å². The third-order valence-corrected chi connectivity index (χ3v) is 10.1. The van der Waals surface area contributed by atoms with Crippen molar-refractivity contribution < 1.29 is 32.9 Å². The van der Waals surface area contributed by atoms with Gasteiger partial charge in [-0.1, -0.05) is 168 Å². The van der Waals surface area contributed by atoms with Gasteiger partial charge in [0.25, 0.3) is 7.82 Å². The molecule has 0 aliphatic heterocycles. The number of carbonyl (C=O) groups is 1. The third-order valence-electron chi connectivity index (χ3n) is 9.10. The van der Waals surface area contributed by atoms with Crippen molar-refractivity contribution in [1.29, 1.82) is 0 Å². The van der Waals surface area contributed by atoms with Crippen LogP contribution in [-0.4, -0.2) is 68.5 Å². The van der Waals surface area contributed by atoms with E-state index in [1.807, 2.05) is 28.1 Å². The second-order valence-corrected chi connectivity index (χ2v) is 16.4. The molecule has 1 amide bonds. The summed E-state index contributed by atoms with van der Waals surface area (Å²) in [6.45, 7) is 4.48. The lowest BCUT2D eigenvalue weighted by Crippen LogP contribution is -2.46. The summed E-state index contributed by atoms with van der Waals surface area (Å²) in [5, 5.41) is 13.6. The maximum atomic E-state index is 12.3. The molecule has 0 aromatic carbocycles. The Labute approximate surface area is 291 Å². The van der Waals surface area contributed by atoms with E-state index in [0.29, 0.717) is 23.9 Å². The van der Waals surface area contributed by atoms with E-state index in [1.54, 1.807) is 0 Å². The molecule has 47 heavy (non-hydrogen) atoms. The van der Waals surface area contributed by atoms with Gasteiger partial charge in [0.05, 0.1) is 39.9 Å². The molecule has 0 saturated heterocycles. The van der Waals surface area contributed by atoms with Gasteiger partial charge in [-0.3, -0.25) is 9.36 Å². The molecule has 0 aliphatic rings. The van der Waals surface area contributed by atoms with Gasteiger partial charge in [-0.2, -0.15) is 0 Å². The summed E-state index contributed by atoms with van der Waals surface area (Å²) in [6, 6.07) is -0.789. The first-order valence-electron chi connectivity index (χ1n) is 19.9. The van der Waals surface area contributed by atoms with Crippen LogP contribution in [0.15, 0.2) is 0 Å². The molecule has 0 rings (SSSR count). The minimum absolute atomic E-state index is 0.0138. The van der Waals surface area contributed by atoms with Crippen LogP contribution in [0.2, 0.25) is 0 Å². The number of hydrogen-bond donors (Lipinski definition) is 2. The van der Waals surface area contributed by atoms with E-state index in [0.717, 1.165) is 32.1 Å². The first-order chi connectivity index (χ1) is 22.5. The van der Waals surface area contributed by atoms with Crippen molar-refractivity contribution in [2.75, 3.05) is 40.9 Å².